The molecule has 0 aliphatic rings. The van der Waals surface area contributed by atoms with E-state index in [0.717, 1.165) is 28.9 Å². The smallest absolute Gasteiger partial charge is 0.0673 e. The van der Waals surface area contributed by atoms with Gasteiger partial charge in [-0.1, -0.05) is 48.9 Å². The largest absolute Gasteiger partial charge is 0.353 e. The Hall–Kier alpha value is -2.61. The van der Waals surface area contributed by atoms with Crippen LogP contribution in [0.1, 0.15) is 41.0 Å². The molecule has 25 heavy (non-hydrogen) atoms. The van der Waals surface area contributed by atoms with E-state index < -0.39 is 0 Å². The number of aromatic nitrogens is 1. The fourth-order valence-corrected chi connectivity index (χ4v) is 3.17. The zero-order chi connectivity index (χ0) is 18.0. The highest BCUT2D eigenvalue weighted by molar-refractivity contribution is 5.87. The van der Waals surface area contributed by atoms with Gasteiger partial charge in [0.1, 0.15) is 0 Å². The number of aliphatic imine (C=N–C) groups is 1. The number of H-pyrrole nitrogens is 1. The molecular weight excluding hydrogens is 304 g/mol. The lowest BCUT2D eigenvalue weighted by Gasteiger charge is -2.01. The summed E-state index contributed by atoms with van der Waals surface area (Å²) >= 11 is 0. The molecular formula is C23H26N2. The second kappa shape index (κ2) is 7.10. The van der Waals surface area contributed by atoms with Gasteiger partial charge < -0.3 is 4.98 Å². The molecule has 0 radical (unpaired) electrons. The molecule has 3 rings (SSSR count). The molecule has 128 valence electrons. The van der Waals surface area contributed by atoms with Gasteiger partial charge in [0.05, 0.1) is 11.0 Å². The van der Waals surface area contributed by atoms with E-state index in [9.17, 15) is 0 Å². The van der Waals surface area contributed by atoms with Crippen molar-refractivity contribution in [3.05, 3.63) is 59.1 Å². The van der Waals surface area contributed by atoms with Crippen LogP contribution >= 0.6 is 0 Å². The van der Waals surface area contributed by atoms with Crippen LogP contribution in [0.15, 0.2) is 53.5 Å². The van der Waals surface area contributed by atoms with Gasteiger partial charge in [0.2, 0.25) is 0 Å². The summed E-state index contributed by atoms with van der Waals surface area (Å²) in [5, 5.41) is 4.93. The van der Waals surface area contributed by atoms with Crippen molar-refractivity contribution in [2.45, 2.75) is 41.0 Å². The fourth-order valence-electron chi connectivity index (χ4n) is 3.17. The summed E-state index contributed by atoms with van der Waals surface area (Å²) in [6.07, 6.45) is 1.03. The van der Waals surface area contributed by atoms with Gasteiger partial charge in [-0.25, -0.2) is 0 Å². The Kier molecular flexibility index (Phi) is 4.89. The second-order valence-corrected chi connectivity index (χ2v) is 6.81. The van der Waals surface area contributed by atoms with Crippen molar-refractivity contribution in [2.75, 3.05) is 0 Å². The van der Waals surface area contributed by atoms with Crippen molar-refractivity contribution in [1.29, 1.82) is 0 Å². The van der Waals surface area contributed by atoms with Gasteiger partial charge >= 0.3 is 0 Å². The maximum atomic E-state index is 4.67. The van der Waals surface area contributed by atoms with Gasteiger partial charge in [0.15, 0.2) is 0 Å². The number of hydrogen-bond donors (Lipinski definition) is 1. The average molecular weight is 330 g/mol. The van der Waals surface area contributed by atoms with Crippen LogP contribution in [0, 0.1) is 0 Å². The van der Waals surface area contributed by atoms with Crippen molar-refractivity contribution in [1.82, 2.24) is 4.98 Å². The predicted molar refractivity (Wildman–Crippen MR) is 110 cm³/mol. The lowest BCUT2D eigenvalue weighted by Crippen LogP contribution is -2.26. The van der Waals surface area contributed by atoms with Gasteiger partial charge in [0, 0.05) is 16.6 Å². The molecule has 1 heterocycles. The van der Waals surface area contributed by atoms with Crippen LogP contribution in [0.5, 0.6) is 0 Å². The van der Waals surface area contributed by atoms with Crippen LogP contribution in [0.2, 0.25) is 0 Å². The molecule has 0 fully saturated rings. The Morgan fingerprint density at radius 1 is 0.920 bits per heavy atom. The first kappa shape index (κ1) is 17.2. The summed E-state index contributed by atoms with van der Waals surface area (Å²) in [7, 11) is 0. The molecule has 0 saturated carbocycles. The molecule has 0 amide bonds. The molecule has 0 aliphatic carbocycles. The van der Waals surface area contributed by atoms with E-state index in [0.29, 0.717) is 0 Å². The van der Waals surface area contributed by atoms with Crippen molar-refractivity contribution in [3.8, 4) is 11.3 Å². The van der Waals surface area contributed by atoms with Crippen molar-refractivity contribution >= 4 is 27.8 Å². The molecule has 2 heteroatoms. The highest BCUT2D eigenvalue weighted by Gasteiger charge is 2.05. The Labute approximate surface area is 149 Å². The minimum Gasteiger partial charge on any atom is -0.353 e. The van der Waals surface area contributed by atoms with Crippen molar-refractivity contribution in [3.63, 3.8) is 0 Å². The number of fused-ring (bicyclic) bond motifs is 1. The molecule has 2 aromatic carbocycles. The number of hydrogen-bond acceptors (Lipinski definition) is 1. The quantitative estimate of drug-likeness (QED) is 0.653. The second-order valence-electron chi connectivity index (χ2n) is 6.81. The fraction of sp³-hybridized carbons (Fsp3) is 0.261. The third kappa shape index (κ3) is 3.58. The van der Waals surface area contributed by atoms with Gasteiger partial charge in [0.25, 0.3) is 0 Å². The highest BCUT2D eigenvalue weighted by atomic mass is 14.8. The summed E-state index contributed by atoms with van der Waals surface area (Å²) in [5.41, 5.74) is 5.84. The Balaban J connectivity index is 2.27. The summed E-state index contributed by atoms with van der Waals surface area (Å²) in [6, 6.07) is 17.4. The van der Waals surface area contributed by atoms with Crippen molar-refractivity contribution in [2.24, 2.45) is 4.99 Å². The predicted octanol–water partition coefficient (Wildman–Crippen LogP) is 5.02. The van der Waals surface area contributed by atoms with Crippen LogP contribution in [0.3, 0.4) is 0 Å². The molecule has 0 unspecified atom stereocenters. The van der Waals surface area contributed by atoms with Crippen LogP contribution < -0.4 is 10.6 Å². The Morgan fingerprint density at radius 3 is 2.32 bits per heavy atom. The lowest BCUT2D eigenvalue weighted by atomic mass is 10.0. The number of nitrogens with zero attached hydrogens (tertiary/aromatic N) is 1. The standard InChI is InChI=1S/C23H26N2/c1-6-16(4)21-14-22(25-23(21)17(5)24-15(2)3)20-12-11-18-9-7-8-10-19(18)13-20/h7-14,25H,6H2,1-5H3/b21-16+,23-17+. The van der Waals surface area contributed by atoms with Crippen LogP contribution in [-0.4, -0.2) is 10.7 Å². The maximum absolute atomic E-state index is 4.67. The van der Waals surface area contributed by atoms with E-state index in [1.807, 2.05) is 13.8 Å². The van der Waals surface area contributed by atoms with Crippen molar-refractivity contribution < 1.29 is 0 Å². The van der Waals surface area contributed by atoms with Gasteiger partial charge in [-0.3, -0.25) is 4.99 Å². The van der Waals surface area contributed by atoms with Gasteiger partial charge in [-0.2, -0.15) is 0 Å². The van der Waals surface area contributed by atoms with Crippen LogP contribution in [0.25, 0.3) is 33.3 Å². The van der Waals surface area contributed by atoms with E-state index in [1.54, 1.807) is 0 Å². The zero-order valence-electron chi connectivity index (χ0n) is 15.8. The number of rotatable bonds is 3. The number of nitrogens with one attached hydrogen (secondary N) is 1. The lowest BCUT2D eigenvalue weighted by molar-refractivity contribution is 1.18. The third-order valence-electron chi connectivity index (χ3n) is 4.62. The highest BCUT2D eigenvalue weighted by Crippen LogP contribution is 2.22. The normalized spacial score (nSPS) is 13.6. The molecule has 1 aromatic heterocycles. The molecule has 0 spiro atoms. The minimum atomic E-state index is 1.03. The average Bonchev–Trinajstić information content (AvgIpc) is 3.05. The third-order valence-corrected chi connectivity index (χ3v) is 4.62. The van der Waals surface area contributed by atoms with E-state index in [1.165, 1.54) is 27.1 Å². The topological polar surface area (TPSA) is 28.1 Å². The van der Waals surface area contributed by atoms with Gasteiger partial charge in [-0.15, -0.1) is 0 Å². The molecule has 0 aliphatic heterocycles. The summed E-state index contributed by atoms with van der Waals surface area (Å²) < 4.78 is 0. The number of benzene rings is 2. The van der Waals surface area contributed by atoms with Gasteiger partial charge in [-0.05, 0) is 62.6 Å². The summed E-state index contributed by atoms with van der Waals surface area (Å²) in [4.78, 5) is 8.29. The Morgan fingerprint density at radius 2 is 1.64 bits per heavy atom. The molecule has 1 N–H and O–H groups in total. The molecule has 0 atom stereocenters. The first-order valence-electron chi connectivity index (χ1n) is 8.90. The monoisotopic (exact) mass is 330 g/mol. The van der Waals surface area contributed by atoms with Crippen LogP contribution in [0.4, 0.5) is 0 Å². The first-order chi connectivity index (χ1) is 12.0. The van der Waals surface area contributed by atoms with E-state index >= 15 is 0 Å². The molecule has 2 nitrogen and oxygen atoms in total. The zero-order valence-corrected chi connectivity index (χ0v) is 15.8. The summed E-state index contributed by atoms with van der Waals surface area (Å²) in [6.45, 7) is 10.5. The molecule has 3 aromatic rings. The minimum absolute atomic E-state index is 1.03. The van der Waals surface area contributed by atoms with E-state index in [4.69, 9.17) is 0 Å². The van der Waals surface area contributed by atoms with E-state index in [-0.39, 0.29) is 0 Å². The Bertz CT molecular complexity index is 1060. The first-order valence-corrected chi connectivity index (χ1v) is 8.90. The van der Waals surface area contributed by atoms with Crippen LogP contribution in [-0.2, 0) is 0 Å². The maximum Gasteiger partial charge on any atom is 0.0673 e. The molecule has 0 saturated heterocycles. The SMILES string of the molecule is CC/C(C)=c1\cc(-c2ccc3ccccc3c2)[nH]\c1=C(/C)N=C(C)C. The molecule has 0 bridgehead atoms. The number of aromatic amines is 1. The van der Waals surface area contributed by atoms with E-state index in [2.05, 4.69) is 79.3 Å². The summed E-state index contributed by atoms with van der Waals surface area (Å²) in [5.74, 6) is 0.